The van der Waals surface area contributed by atoms with Gasteiger partial charge < -0.3 is 9.84 Å². The number of carboxylic acids is 1. The average molecular weight is 268 g/mol. The Labute approximate surface area is 105 Å². The van der Waals surface area contributed by atoms with E-state index in [1.807, 2.05) is 0 Å². The van der Waals surface area contributed by atoms with Crippen LogP contribution in [-0.2, 0) is 0 Å². The molecule has 0 bridgehead atoms. The van der Waals surface area contributed by atoms with Crippen LogP contribution < -0.4 is 4.74 Å². The second-order valence-corrected chi connectivity index (χ2v) is 3.58. The van der Waals surface area contributed by atoms with E-state index in [2.05, 4.69) is 0 Å². The molecule has 2 aromatic rings. The minimum absolute atomic E-state index is 0.0576. The van der Waals surface area contributed by atoms with Crippen molar-refractivity contribution in [2.75, 3.05) is 0 Å². The first kappa shape index (κ1) is 12.9. The molecule has 1 N–H and O–H groups in total. The molecule has 98 valence electrons. The summed E-state index contributed by atoms with van der Waals surface area (Å²) in [6.45, 7) is 0. The zero-order valence-electron chi connectivity index (χ0n) is 9.36. The fourth-order valence-electron chi connectivity index (χ4n) is 1.43. The predicted octanol–water partition coefficient (Wildman–Crippen LogP) is 3.59. The molecule has 0 amide bonds. The number of hydrogen-bond donors (Lipinski definition) is 1. The molecule has 2 rings (SSSR count). The van der Waals surface area contributed by atoms with Gasteiger partial charge in [-0.15, -0.1) is 0 Å². The Morgan fingerprint density at radius 2 is 1.68 bits per heavy atom. The first-order chi connectivity index (χ1) is 9.00. The van der Waals surface area contributed by atoms with Crippen LogP contribution in [0, 0.1) is 17.5 Å². The van der Waals surface area contributed by atoms with Gasteiger partial charge in [0, 0.05) is 0 Å². The van der Waals surface area contributed by atoms with Crippen LogP contribution in [0.5, 0.6) is 11.5 Å². The summed E-state index contributed by atoms with van der Waals surface area (Å²) in [4.78, 5) is 10.7. The largest absolute Gasteiger partial charge is 0.478 e. The van der Waals surface area contributed by atoms with Crippen LogP contribution in [0.4, 0.5) is 13.2 Å². The van der Waals surface area contributed by atoms with E-state index in [1.165, 1.54) is 12.1 Å². The molecule has 0 spiro atoms. The average Bonchev–Trinajstić information content (AvgIpc) is 2.40. The Morgan fingerprint density at radius 1 is 1.05 bits per heavy atom. The van der Waals surface area contributed by atoms with Crippen molar-refractivity contribution in [2.45, 2.75) is 0 Å². The summed E-state index contributed by atoms with van der Waals surface area (Å²) >= 11 is 0. The fraction of sp³-hybridized carbons (Fsp3) is 0. The highest BCUT2D eigenvalue weighted by Gasteiger charge is 2.24. The minimum Gasteiger partial charge on any atom is -0.478 e. The van der Waals surface area contributed by atoms with Gasteiger partial charge in [-0.3, -0.25) is 0 Å². The lowest BCUT2D eigenvalue weighted by Crippen LogP contribution is -2.06. The number of aromatic carboxylic acids is 1. The lowest BCUT2D eigenvalue weighted by Gasteiger charge is -2.10. The molecule has 0 aliphatic carbocycles. The van der Waals surface area contributed by atoms with Crippen molar-refractivity contribution >= 4 is 5.97 Å². The van der Waals surface area contributed by atoms with Crippen molar-refractivity contribution < 1.29 is 27.8 Å². The quantitative estimate of drug-likeness (QED) is 0.865. The Kier molecular flexibility index (Phi) is 3.41. The lowest BCUT2D eigenvalue weighted by atomic mass is 10.2. The fourth-order valence-corrected chi connectivity index (χ4v) is 1.43. The standard InChI is InChI=1S/C13H7F3O3/c14-9-6-8(13(17)18)10(15)12(11(9)16)19-7-4-2-1-3-5-7/h1-6H,(H,17,18). The zero-order chi connectivity index (χ0) is 14.0. The van der Waals surface area contributed by atoms with Gasteiger partial charge in [-0.2, -0.15) is 4.39 Å². The highest BCUT2D eigenvalue weighted by atomic mass is 19.2. The second kappa shape index (κ2) is 5.01. The van der Waals surface area contributed by atoms with Crippen molar-refractivity contribution in [2.24, 2.45) is 0 Å². The van der Waals surface area contributed by atoms with Crippen LogP contribution in [0.15, 0.2) is 36.4 Å². The molecule has 0 atom stereocenters. The van der Waals surface area contributed by atoms with Gasteiger partial charge in [-0.05, 0) is 18.2 Å². The third kappa shape index (κ3) is 2.52. The molecule has 0 fully saturated rings. The summed E-state index contributed by atoms with van der Waals surface area (Å²) in [5.41, 5.74) is -0.996. The van der Waals surface area contributed by atoms with Gasteiger partial charge in [0.15, 0.2) is 11.6 Å². The molecular formula is C13H7F3O3. The number of hydrogen-bond acceptors (Lipinski definition) is 2. The van der Waals surface area contributed by atoms with E-state index in [-0.39, 0.29) is 11.8 Å². The molecule has 0 heterocycles. The highest BCUT2D eigenvalue weighted by molar-refractivity contribution is 5.88. The van der Waals surface area contributed by atoms with E-state index in [9.17, 15) is 18.0 Å². The maximum Gasteiger partial charge on any atom is 0.338 e. The molecule has 19 heavy (non-hydrogen) atoms. The van der Waals surface area contributed by atoms with Crippen molar-refractivity contribution in [3.05, 3.63) is 59.4 Å². The molecule has 0 radical (unpaired) electrons. The van der Waals surface area contributed by atoms with E-state index in [0.29, 0.717) is 0 Å². The Bertz CT molecular complexity index is 627. The Hall–Kier alpha value is -2.50. The molecule has 0 aliphatic rings. The SMILES string of the molecule is O=C(O)c1cc(F)c(F)c(Oc2ccccc2)c1F. The van der Waals surface area contributed by atoms with E-state index in [0.717, 1.165) is 0 Å². The van der Waals surface area contributed by atoms with Crippen molar-refractivity contribution in [3.63, 3.8) is 0 Å². The van der Waals surface area contributed by atoms with Gasteiger partial charge in [-0.25, -0.2) is 13.6 Å². The molecule has 0 saturated carbocycles. The van der Waals surface area contributed by atoms with Crippen LogP contribution >= 0.6 is 0 Å². The molecular weight excluding hydrogens is 261 g/mol. The third-order valence-electron chi connectivity index (χ3n) is 2.31. The Balaban J connectivity index is 2.53. The number of ether oxygens (including phenoxy) is 1. The topological polar surface area (TPSA) is 46.5 Å². The van der Waals surface area contributed by atoms with Gasteiger partial charge in [0.1, 0.15) is 11.3 Å². The first-order valence-corrected chi connectivity index (χ1v) is 5.14. The molecule has 0 aliphatic heterocycles. The second-order valence-electron chi connectivity index (χ2n) is 3.58. The third-order valence-corrected chi connectivity index (χ3v) is 2.31. The van der Waals surface area contributed by atoms with E-state index in [1.54, 1.807) is 18.2 Å². The van der Waals surface area contributed by atoms with Gasteiger partial charge in [-0.1, -0.05) is 18.2 Å². The molecule has 0 saturated heterocycles. The lowest BCUT2D eigenvalue weighted by molar-refractivity contribution is 0.0690. The number of benzene rings is 2. The Morgan fingerprint density at radius 3 is 2.26 bits per heavy atom. The van der Waals surface area contributed by atoms with Crippen molar-refractivity contribution in [3.8, 4) is 11.5 Å². The summed E-state index contributed by atoms with van der Waals surface area (Å²) in [6.07, 6.45) is 0. The molecule has 0 aromatic heterocycles. The highest BCUT2D eigenvalue weighted by Crippen LogP contribution is 2.31. The van der Waals surface area contributed by atoms with Crippen LogP contribution in [0.2, 0.25) is 0 Å². The smallest absolute Gasteiger partial charge is 0.338 e. The van der Waals surface area contributed by atoms with Crippen molar-refractivity contribution in [1.82, 2.24) is 0 Å². The number of para-hydroxylation sites is 1. The summed E-state index contributed by atoms with van der Waals surface area (Å²) in [7, 11) is 0. The molecule has 0 unspecified atom stereocenters. The summed E-state index contributed by atoms with van der Waals surface area (Å²) in [6, 6.07) is 7.79. The number of carbonyl (C=O) groups is 1. The normalized spacial score (nSPS) is 10.3. The van der Waals surface area contributed by atoms with Crippen LogP contribution in [0.3, 0.4) is 0 Å². The van der Waals surface area contributed by atoms with Crippen LogP contribution in [0.25, 0.3) is 0 Å². The summed E-state index contributed by atoms with van der Waals surface area (Å²) < 4.78 is 45.3. The summed E-state index contributed by atoms with van der Waals surface area (Å²) in [5, 5.41) is 8.69. The summed E-state index contributed by atoms with van der Waals surface area (Å²) in [5.74, 6) is -7.27. The van der Waals surface area contributed by atoms with Crippen LogP contribution in [-0.4, -0.2) is 11.1 Å². The van der Waals surface area contributed by atoms with Crippen molar-refractivity contribution in [1.29, 1.82) is 0 Å². The molecule has 2 aromatic carbocycles. The van der Waals surface area contributed by atoms with E-state index in [4.69, 9.17) is 9.84 Å². The zero-order valence-corrected chi connectivity index (χ0v) is 9.36. The maximum atomic E-state index is 13.7. The van der Waals surface area contributed by atoms with Gasteiger partial charge in [0.25, 0.3) is 0 Å². The number of halogens is 3. The van der Waals surface area contributed by atoms with Gasteiger partial charge in [0.05, 0.1) is 0 Å². The number of rotatable bonds is 3. The maximum absolute atomic E-state index is 13.7. The van der Waals surface area contributed by atoms with Gasteiger partial charge >= 0.3 is 5.97 Å². The number of carboxylic acid groups (broad SMARTS) is 1. The first-order valence-electron chi connectivity index (χ1n) is 5.14. The van der Waals surface area contributed by atoms with Gasteiger partial charge in [0.2, 0.25) is 11.6 Å². The van der Waals surface area contributed by atoms with Crippen LogP contribution in [0.1, 0.15) is 10.4 Å². The minimum atomic E-state index is -1.71. The predicted molar refractivity (Wildman–Crippen MR) is 59.8 cm³/mol. The monoisotopic (exact) mass is 268 g/mol. The molecule has 6 heteroatoms. The molecule has 3 nitrogen and oxygen atoms in total. The van der Waals surface area contributed by atoms with E-state index < -0.39 is 34.7 Å². The van der Waals surface area contributed by atoms with E-state index >= 15 is 0 Å².